The minimum Gasteiger partial charge on any atom is -0.397 e. The molecule has 1 atom stereocenters. The molecule has 116 valence electrons. The average molecular weight is 320 g/mol. The Morgan fingerprint density at radius 3 is 2.62 bits per heavy atom. The van der Waals surface area contributed by atoms with Crippen LogP contribution in [0.15, 0.2) is 18.2 Å². The van der Waals surface area contributed by atoms with Gasteiger partial charge in [0.15, 0.2) is 0 Å². The maximum Gasteiger partial charge on any atom is 0.416 e. The van der Waals surface area contributed by atoms with E-state index in [1.165, 1.54) is 17.8 Å². The van der Waals surface area contributed by atoms with Gasteiger partial charge in [-0.25, -0.2) is 0 Å². The first-order chi connectivity index (χ1) is 9.77. The fourth-order valence-corrected chi connectivity index (χ4v) is 2.84. The molecule has 2 rings (SSSR count). The molecule has 0 aromatic heterocycles. The van der Waals surface area contributed by atoms with Gasteiger partial charge in [0.05, 0.1) is 40.7 Å². The summed E-state index contributed by atoms with van der Waals surface area (Å²) in [5.41, 5.74) is 4.80. The zero-order chi connectivity index (χ0) is 15.6. The normalized spacial score (nSPS) is 17.1. The predicted octanol–water partition coefficient (Wildman–Crippen LogP) is 2.75. The van der Waals surface area contributed by atoms with E-state index in [1.807, 2.05) is 0 Å². The standard InChI is InChI=1S/C13H15F3N2O2S/c1-7(21-9-5-20-6-9)12(19)18-11-3-2-8(4-10(11)17)13(14,15)16/h2-4,7,9H,5-6,17H2,1H3,(H,18,19). The number of nitrogens with two attached hydrogens (primary N) is 1. The van der Waals surface area contributed by atoms with Crippen LogP contribution >= 0.6 is 11.8 Å². The molecule has 0 aliphatic carbocycles. The molecule has 0 bridgehead atoms. The van der Waals surface area contributed by atoms with Crippen molar-refractivity contribution in [2.45, 2.75) is 23.6 Å². The molecule has 8 heteroatoms. The Hall–Kier alpha value is -1.41. The summed E-state index contributed by atoms with van der Waals surface area (Å²) >= 11 is 1.47. The molecular weight excluding hydrogens is 305 g/mol. The lowest BCUT2D eigenvalue weighted by Gasteiger charge is -2.27. The summed E-state index contributed by atoms with van der Waals surface area (Å²) in [6.45, 7) is 2.97. The lowest BCUT2D eigenvalue weighted by molar-refractivity contribution is -0.137. The van der Waals surface area contributed by atoms with E-state index in [-0.39, 0.29) is 27.8 Å². The third kappa shape index (κ3) is 4.04. The molecular formula is C13H15F3N2O2S. The second-order valence-corrected chi connectivity index (χ2v) is 6.37. The van der Waals surface area contributed by atoms with Crippen LogP contribution in [0.4, 0.5) is 24.5 Å². The Labute approximate surface area is 124 Å². The summed E-state index contributed by atoms with van der Waals surface area (Å²) in [5.74, 6) is -0.293. The zero-order valence-corrected chi connectivity index (χ0v) is 12.1. The number of ether oxygens (including phenoxy) is 1. The molecule has 21 heavy (non-hydrogen) atoms. The van der Waals surface area contributed by atoms with Crippen molar-refractivity contribution < 1.29 is 22.7 Å². The minimum atomic E-state index is -4.45. The van der Waals surface area contributed by atoms with Gasteiger partial charge in [-0.05, 0) is 25.1 Å². The fourth-order valence-electron chi connectivity index (χ4n) is 1.73. The van der Waals surface area contributed by atoms with Gasteiger partial charge >= 0.3 is 6.18 Å². The van der Waals surface area contributed by atoms with Gasteiger partial charge in [0.2, 0.25) is 5.91 Å². The molecule has 3 N–H and O–H groups in total. The summed E-state index contributed by atoms with van der Waals surface area (Å²) in [7, 11) is 0. The first-order valence-corrected chi connectivity index (χ1v) is 7.22. The predicted molar refractivity (Wildman–Crippen MR) is 76.1 cm³/mol. The second-order valence-electron chi connectivity index (χ2n) is 4.73. The Bertz CT molecular complexity index is 533. The van der Waals surface area contributed by atoms with Gasteiger partial charge in [-0.2, -0.15) is 13.2 Å². The number of benzene rings is 1. The van der Waals surface area contributed by atoms with Crippen molar-refractivity contribution in [2.75, 3.05) is 24.3 Å². The number of rotatable bonds is 4. The Morgan fingerprint density at radius 1 is 1.48 bits per heavy atom. The van der Waals surface area contributed by atoms with E-state index >= 15 is 0 Å². The lowest BCUT2D eigenvalue weighted by atomic mass is 10.1. The highest BCUT2D eigenvalue weighted by atomic mass is 32.2. The molecule has 0 spiro atoms. The molecule has 1 heterocycles. The fraction of sp³-hybridized carbons (Fsp3) is 0.462. The van der Waals surface area contributed by atoms with Gasteiger partial charge in [-0.1, -0.05) is 0 Å². The zero-order valence-electron chi connectivity index (χ0n) is 11.2. The topological polar surface area (TPSA) is 64.3 Å². The molecule has 1 fully saturated rings. The van der Waals surface area contributed by atoms with E-state index in [2.05, 4.69) is 5.32 Å². The number of halogens is 3. The quantitative estimate of drug-likeness (QED) is 0.837. The number of hydrogen-bond donors (Lipinski definition) is 2. The molecule has 1 saturated heterocycles. The number of anilines is 2. The molecule has 0 radical (unpaired) electrons. The first-order valence-electron chi connectivity index (χ1n) is 6.28. The van der Waals surface area contributed by atoms with Crippen LogP contribution in [-0.4, -0.2) is 29.6 Å². The largest absolute Gasteiger partial charge is 0.416 e. The SMILES string of the molecule is CC(SC1COC1)C(=O)Nc1ccc(C(F)(F)F)cc1N. The van der Waals surface area contributed by atoms with Crippen molar-refractivity contribution in [3.8, 4) is 0 Å². The number of hydrogen-bond acceptors (Lipinski definition) is 4. The number of nitrogen functional groups attached to an aromatic ring is 1. The maximum atomic E-state index is 12.5. The van der Waals surface area contributed by atoms with Crippen LogP contribution in [0.5, 0.6) is 0 Å². The van der Waals surface area contributed by atoms with Gasteiger partial charge in [-0.3, -0.25) is 4.79 Å². The smallest absolute Gasteiger partial charge is 0.397 e. The van der Waals surface area contributed by atoms with Gasteiger partial charge in [0.25, 0.3) is 0 Å². The third-order valence-electron chi connectivity index (χ3n) is 3.01. The summed E-state index contributed by atoms with van der Waals surface area (Å²) in [6.07, 6.45) is -4.45. The second kappa shape index (κ2) is 6.15. The molecule has 1 unspecified atom stereocenters. The van der Waals surface area contributed by atoms with Crippen LogP contribution in [0.1, 0.15) is 12.5 Å². The van der Waals surface area contributed by atoms with E-state index in [4.69, 9.17) is 10.5 Å². The minimum absolute atomic E-state index is 0.109. The van der Waals surface area contributed by atoms with E-state index in [0.717, 1.165) is 12.1 Å². The van der Waals surface area contributed by atoms with E-state index < -0.39 is 11.7 Å². The number of alkyl halides is 3. The van der Waals surface area contributed by atoms with Crippen molar-refractivity contribution in [1.29, 1.82) is 0 Å². The monoisotopic (exact) mass is 320 g/mol. The van der Waals surface area contributed by atoms with Crippen molar-refractivity contribution in [1.82, 2.24) is 0 Å². The molecule has 4 nitrogen and oxygen atoms in total. The number of carbonyl (C=O) groups excluding carboxylic acids is 1. The maximum absolute atomic E-state index is 12.5. The van der Waals surface area contributed by atoms with Crippen LogP contribution < -0.4 is 11.1 Å². The number of carbonyl (C=O) groups is 1. The Balaban J connectivity index is 2.00. The summed E-state index contributed by atoms with van der Waals surface area (Å²) < 4.78 is 42.6. The van der Waals surface area contributed by atoms with Gasteiger partial charge in [-0.15, -0.1) is 11.8 Å². The number of amides is 1. The van der Waals surface area contributed by atoms with Crippen LogP contribution in [0.25, 0.3) is 0 Å². The lowest BCUT2D eigenvalue weighted by Crippen LogP contribution is -2.34. The van der Waals surface area contributed by atoms with Crippen molar-refractivity contribution in [2.24, 2.45) is 0 Å². The van der Waals surface area contributed by atoms with Crippen LogP contribution in [0.3, 0.4) is 0 Å². The molecule has 1 amide bonds. The van der Waals surface area contributed by atoms with Gasteiger partial charge in [0, 0.05) is 0 Å². The van der Waals surface area contributed by atoms with E-state index in [9.17, 15) is 18.0 Å². The van der Waals surface area contributed by atoms with E-state index in [1.54, 1.807) is 6.92 Å². The number of thioether (sulfide) groups is 1. The molecule has 1 aliphatic rings. The summed E-state index contributed by atoms with van der Waals surface area (Å²) in [5, 5.41) is 2.50. The highest BCUT2D eigenvalue weighted by molar-refractivity contribution is 8.01. The van der Waals surface area contributed by atoms with Crippen molar-refractivity contribution in [3.05, 3.63) is 23.8 Å². The van der Waals surface area contributed by atoms with Crippen molar-refractivity contribution >= 4 is 29.0 Å². The first kappa shape index (κ1) is 16.0. The highest BCUT2D eigenvalue weighted by Crippen LogP contribution is 2.33. The van der Waals surface area contributed by atoms with Gasteiger partial charge in [0.1, 0.15) is 0 Å². The highest BCUT2D eigenvalue weighted by Gasteiger charge is 2.31. The Morgan fingerprint density at radius 2 is 2.14 bits per heavy atom. The molecule has 1 aromatic carbocycles. The third-order valence-corrected chi connectivity index (χ3v) is 4.29. The van der Waals surface area contributed by atoms with Crippen molar-refractivity contribution in [3.63, 3.8) is 0 Å². The van der Waals surface area contributed by atoms with E-state index in [0.29, 0.717) is 13.2 Å². The number of nitrogens with one attached hydrogen (secondary N) is 1. The van der Waals surface area contributed by atoms with Gasteiger partial charge < -0.3 is 15.8 Å². The Kier molecular flexibility index (Phi) is 4.67. The van der Waals surface area contributed by atoms with Crippen LogP contribution in [0, 0.1) is 0 Å². The summed E-state index contributed by atoms with van der Waals surface area (Å²) in [6, 6.07) is 2.87. The molecule has 1 aliphatic heterocycles. The van der Waals surface area contributed by atoms with Crippen LogP contribution in [0.2, 0.25) is 0 Å². The molecule has 1 aromatic rings. The molecule has 0 saturated carbocycles. The average Bonchev–Trinajstić information content (AvgIpc) is 2.34. The summed E-state index contributed by atoms with van der Waals surface area (Å²) in [4.78, 5) is 12.0. The van der Waals surface area contributed by atoms with Crippen LogP contribution in [-0.2, 0) is 15.7 Å².